The first-order valence-electron chi connectivity index (χ1n) is 22.0. The first-order valence-corrected chi connectivity index (χ1v) is 23.3. The molecule has 0 saturated heterocycles. The van der Waals surface area contributed by atoms with Gasteiger partial charge in [0.15, 0.2) is 0 Å². The maximum Gasteiger partial charge on any atom is 0.148 e. The summed E-state index contributed by atoms with van der Waals surface area (Å²) in [6.07, 6.45) is 8.59. The van der Waals surface area contributed by atoms with Gasteiger partial charge in [0.25, 0.3) is 0 Å². The minimum absolute atomic E-state index is 0.687. The highest BCUT2D eigenvalue weighted by Crippen LogP contribution is 2.43. The number of fused-ring (bicyclic) bond motifs is 3. The SMILES string of the molecule is COc1cccc(OC)c1N=C1CCCc2ccc(P(c3ccc4c(c3)C(=Nc3c(OC)cccc3OC)CCC4)c3ccc4c(c3)C(=Nc3c(OC)cccc3OC)CCC4)cc21. The van der Waals surface area contributed by atoms with E-state index in [0.717, 1.165) is 74.9 Å². The molecule has 6 aromatic rings. The van der Waals surface area contributed by atoms with Gasteiger partial charge in [-0.1, -0.05) is 54.6 Å². The quantitative estimate of drug-likeness (QED) is 0.114. The largest absolute Gasteiger partial charge is 0.494 e. The molecule has 64 heavy (non-hydrogen) atoms. The van der Waals surface area contributed by atoms with E-state index in [1.165, 1.54) is 49.3 Å². The minimum atomic E-state index is -1.10. The predicted molar refractivity (Wildman–Crippen MR) is 261 cm³/mol. The van der Waals surface area contributed by atoms with Crippen molar-refractivity contribution in [2.45, 2.75) is 57.8 Å². The molecule has 0 atom stereocenters. The first kappa shape index (κ1) is 42.8. The molecule has 0 saturated carbocycles. The van der Waals surface area contributed by atoms with E-state index >= 15 is 0 Å². The summed E-state index contributed by atoms with van der Waals surface area (Å²) < 4.78 is 34.8. The number of rotatable bonds is 12. The van der Waals surface area contributed by atoms with Crippen LogP contribution in [0.3, 0.4) is 0 Å². The number of ether oxygens (including phenoxy) is 6. The summed E-state index contributed by atoms with van der Waals surface area (Å²) in [5, 5.41) is 3.74. The van der Waals surface area contributed by atoms with Crippen LogP contribution in [0.5, 0.6) is 34.5 Å². The molecule has 0 radical (unpaired) electrons. The fourth-order valence-electron chi connectivity index (χ4n) is 9.34. The second-order valence-corrected chi connectivity index (χ2v) is 18.3. The summed E-state index contributed by atoms with van der Waals surface area (Å²) in [6, 6.07) is 38.7. The molecular formula is C54H54N3O6P. The summed E-state index contributed by atoms with van der Waals surface area (Å²) in [7, 11) is 9.00. The van der Waals surface area contributed by atoms with E-state index in [2.05, 4.69) is 54.6 Å². The topological polar surface area (TPSA) is 92.5 Å². The highest BCUT2D eigenvalue weighted by atomic mass is 31.1. The van der Waals surface area contributed by atoms with Crippen molar-refractivity contribution in [3.8, 4) is 34.5 Å². The third-order valence-electron chi connectivity index (χ3n) is 12.5. The van der Waals surface area contributed by atoms with E-state index in [-0.39, 0.29) is 0 Å². The molecule has 0 spiro atoms. The van der Waals surface area contributed by atoms with Gasteiger partial charge in [0.2, 0.25) is 0 Å². The van der Waals surface area contributed by atoms with Crippen LogP contribution in [0.25, 0.3) is 0 Å². The maximum absolute atomic E-state index is 5.80. The molecule has 0 aromatic heterocycles. The number of methoxy groups -OCH3 is 6. The van der Waals surface area contributed by atoms with E-state index in [4.69, 9.17) is 43.4 Å². The Morgan fingerprint density at radius 2 is 0.609 bits per heavy atom. The van der Waals surface area contributed by atoms with Crippen molar-refractivity contribution in [2.75, 3.05) is 42.7 Å². The molecule has 3 aliphatic rings. The molecule has 9 rings (SSSR count). The summed E-state index contributed by atoms with van der Waals surface area (Å²) >= 11 is 0. The zero-order valence-electron chi connectivity index (χ0n) is 37.5. The number of hydrogen-bond donors (Lipinski definition) is 0. The monoisotopic (exact) mass is 871 g/mol. The van der Waals surface area contributed by atoms with Crippen LogP contribution in [0, 0.1) is 0 Å². The normalized spacial score (nSPS) is 16.7. The zero-order valence-corrected chi connectivity index (χ0v) is 38.4. The molecule has 0 aliphatic heterocycles. The van der Waals surface area contributed by atoms with Crippen LogP contribution in [0.15, 0.2) is 124 Å². The average molecular weight is 872 g/mol. The smallest absolute Gasteiger partial charge is 0.148 e. The molecular weight excluding hydrogens is 818 g/mol. The summed E-state index contributed by atoms with van der Waals surface area (Å²) in [5.74, 6) is 4.12. The molecule has 6 aromatic carbocycles. The van der Waals surface area contributed by atoms with Gasteiger partial charge in [-0.2, -0.15) is 0 Å². The number of aliphatic imine (C=N–C) groups is 3. The van der Waals surface area contributed by atoms with E-state index < -0.39 is 7.92 Å². The van der Waals surface area contributed by atoms with Crippen molar-refractivity contribution >= 4 is 58.0 Å². The molecule has 0 bridgehead atoms. The van der Waals surface area contributed by atoms with Crippen LogP contribution >= 0.6 is 7.92 Å². The average Bonchev–Trinajstić information content (AvgIpc) is 3.34. The van der Waals surface area contributed by atoms with Crippen molar-refractivity contribution in [3.05, 3.63) is 143 Å². The lowest BCUT2D eigenvalue weighted by Gasteiger charge is -2.27. The molecule has 0 fully saturated rings. The summed E-state index contributed by atoms with van der Waals surface area (Å²) in [5.41, 5.74) is 12.7. The molecule has 326 valence electrons. The maximum atomic E-state index is 5.80. The van der Waals surface area contributed by atoms with Crippen LogP contribution in [-0.4, -0.2) is 59.8 Å². The summed E-state index contributed by atoms with van der Waals surface area (Å²) in [6.45, 7) is 0. The van der Waals surface area contributed by atoms with Crippen molar-refractivity contribution in [1.29, 1.82) is 0 Å². The van der Waals surface area contributed by atoms with E-state index in [1.807, 2.05) is 54.6 Å². The van der Waals surface area contributed by atoms with Crippen molar-refractivity contribution in [1.82, 2.24) is 0 Å². The second-order valence-electron chi connectivity index (χ2n) is 16.1. The van der Waals surface area contributed by atoms with Gasteiger partial charge in [-0.15, -0.1) is 0 Å². The second kappa shape index (κ2) is 19.1. The van der Waals surface area contributed by atoms with Gasteiger partial charge in [-0.3, -0.25) is 0 Å². The Morgan fingerprint density at radius 3 is 0.859 bits per heavy atom. The van der Waals surface area contributed by atoms with Gasteiger partial charge in [-0.25, -0.2) is 15.0 Å². The van der Waals surface area contributed by atoms with Gasteiger partial charge in [0.05, 0.1) is 42.7 Å². The van der Waals surface area contributed by atoms with Gasteiger partial charge >= 0.3 is 0 Å². The van der Waals surface area contributed by atoms with Gasteiger partial charge in [0, 0.05) is 17.1 Å². The summed E-state index contributed by atoms with van der Waals surface area (Å²) in [4.78, 5) is 16.0. The fourth-order valence-corrected chi connectivity index (χ4v) is 11.7. The zero-order chi connectivity index (χ0) is 44.2. The van der Waals surface area contributed by atoms with E-state index in [1.54, 1.807) is 42.7 Å². The third-order valence-corrected chi connectivity index (χ3v) is 14.9. The lowest BCUT2D eigenvalue weighted by Crippen LogP contribution is -2.26. The van der Waals surface area contributed by atoms with Crippen LogP contribution in [0.2, 0.25) is 0 Å². The Kier molecular flexibility index (Phi) is 12.8. The fraction of sp³-hybridized carbons (Fsp3) is 0.278. The van der Waals surface area contributed by atoms with Gasteiger partial charge < -0.3 is 28.4 Å². The Bertz CT molecular complexity index is 2440. The molecule has 10 heteroatoms. The van der Waals surface area contributed by atoms with Crippen LogP contribution in [0.1, 0.15) is 71.9 Å². The van der Waals surface area contributed by atoms with Gasteiger partial charge in [0.1, 0.15) is 51.6 Å². The molecule has 0 amide bonds. The van der Waals surface area contributed by atoms with E-state index in [9.17, 15) is 0 Å². The van der Waals surface area contributed by atoms with Crippen LogP contribution in [-0.2, 0) is 19.3 Å². The van der Waals surface area contributed by atoms with Crippen molar-refractivity contribution < 1.29 is 28.4 Å². The standard InChI is InChI=1S/C54H54N3O6P/c1-58-46-19-10-20-47(59-2)52(46)55-43-16-7-13-34-25-28-37(31-40(34)43)64(38-29-26-35-14-8-17-44(41(35)32-38)56-53-48(60-3)21-11-22-49(53)61-4)39-30-27-36-15-9-18-45(42(36)33-39)57-54-50(62-5)23-12-24-51(54)63-6/h10-12,19-33H,7-9,13-18H2,1-6H3. The molecule has 3 aliphatic carbocycles. The number of para-hydroxylation sites is 3. The number of aryl methyl sites for hydroxylation is 3. The minimum Gasteiger partial charge on any atom is -0.494 e. The number of nitrogens with zero attached hydrogens (tertiary/aromatic N) is 3. The first-order chi connectivity index (χ1) is 31.4. The van der Waals surface area contributed by atoms with Crippen LogP contribution < -0.4 is 44.3 Å². The third kappa shape index (κ3) is 8.37. The molecule has 9 nitrogen and oxygen atoms in total. The van der Waals surface area contributed by atoms with E-state index in [0.29, 0.717) is 51.6 Å². The Balaban J connectivity index is 1.23. The lowest BCUT2D eigenvalue weighted by molar-refractivity contribution is 0.397. The highest BCUT2D eigenvalue weighted by Gasteiger charge is 2.27. The van der Waals surface area contributed by atoms with Crippen LogP contribution in [0.4, 0.5) is 17.1 Å². The Labute approximate surface area is 377 Å². The highest BCUT2D eigenvalue weighted by molar-refractivity contribution is 7.79. The van der Waals surface area contributed by atoms with Crippen molar-refractivity contribution in [2.24, 2.45) is 15.0 Å². The Morgan fingerprint density at radius 1 is 0.344 bits per heavy atom. The molecule has 0 heterocycles. The van der Waals surface area contributed by atoms with Crippen molar-refractivity contribution in [3.63, 3.8) is 0 Å². The predicted octanol–water partition coefficient (Wildman–Crippen LogP) is 10.9. The van der Waals surface area contributed by atoms with Gasteiger partial charge in [-0.05, 0) is 170 Å². The number of hydrogen-bond acceptors (Lipinski definition) is 9. The molecule has 0 unspecified atom stereocenters. The lowest BCUT2D eigenvalue weighted by atomic mass is 9.90. The Hall–Kier alpha value is -6.44. The number of benzene rings is 6. The molecule has 0 N–H and O–H groups in total.